The highest BCUT2D eigenvalue weighted by atomic mass is 32.1. The van der Waals surface area contributed by atoms with Crippen molar-refractivity contribution in [2.45, 2.75) is 27.2 Å². The Balaban J connectivity index is 2.06. The first-order valence-corrected chi connectivity index (χ1v) is 7.80. The number of hydrazone groups is 1. The number of amides is 1. The van der Waals surface area contributed by atoms with Gasteiger partial charge in [0.15, 0.2) is 4.77 Å². The normalized spacial score (nSPS) is 11.5. The van der Waals surface area contributed by atoms with Crippen LogP contribution in [0.1, 0.15) is 27.9 Å². The summed E-state index contributed by atoms with van der Waals surface area (Å²) < 4.78 is 0.194. The fourth-order valence-electron chi connectivity index (χ4n) is 2.02. The van der Waals surface area contributed by atoms with Gasteiger partial charge in [0.25, 0.3) is 5.56 Å². The first kappa shape index (κ1) is 16.3. The lowest BCUT2D eigenvalue weighted by molar-refractivity contribution is -0.120. The number of hydrogen-bond acceptors (Lipinski definition) is 5. The Morgan fingerprint density at radius 1 is 1.36 bits per heavy atom. The second-order valence-electron chi connectivity index (χ2n) is 4.85. The molecule has 8 heteroatoms. The van der Waals surface area contributed by atoms with Crippen molar-refractivity contribution >= 4 is 35.2 Å². The van der Waals surface area contributed by atoms with Crippen LogP contribution >= 0.6 is 23.6 Å². The Kier molecular flexibility index (Phi) is 5.04. The summed E-state index contributed by atoms with van der Waals surface area (Å²) in [6, 6.07) is 3.34. The Hall–Kier alpha value is -2.06. The van der Waals surface area contributed by atoms with E-state index in [9.17, 15) is 9.59 Å². The van der Waals surface area contributed by atoms with Crippen molar-refractivity contribution in [2.75, 3.05) is 0 Å². The van der Waals surface area contributed by atoms with Crippen LogP contribution in [-0.4, -0.2) is 21.6 Å². The first-order valence-electron chi connectivity index (χ1n) is 6.58. The maximum absolute atomic E-state index is 11.9. The van der Waals surface area contributed by atoms with E-state index in [-0.39, 0.29) is 22.7 Å². The number of rotatable bonds is 4. The van der Waals surface area contributed by atoms with E-state index in [0.29, 0.717) is 5.69 Å². The van der Waals surface area contributed by atoms with Crippen molar-refractivity contribution < 1.29 is 4.79 Å². The lowest BCUT2D eigenvalue weighted by Crippen LogP contribution is -2.23. The fourth-order valence-corrected chi connectivity index (χ4v) is 3.23. The highest BCUT2D eigenvalue weighted by Crippen LogP contribution is 2.20. The average Bonchev–Trinajstić information content (AvgIpc) is 2.74. The Morgan fingerprint density at radius 2 is 2.09 bits per heavy atom. The molecular weight excluding hydrogens is 320 g/mol. The molecule has 22 heavy (non-hydrogen) atoms. The number of aryl methyl sites for hydroxylation is 2. The minimum atomic E-state index is -0.337. The number of hydrogen-bond donors (Lipinski definition) is 3. The molecule has 0 unspecified atom stereocenters. The second-order valence-corrected chi connectivity index (χ2v) is 6.72. The van der Waals surface area contributed by atoms with Gasteiger partial charge >= 0.3 is 0 Å². The van der Waals surface area contributed by atoms with Crippen LogP contribution in [0.4, 0.5) is 0 Å². The Bertz CT molecular complexity index is 817. The summed E-state index contributed by atoms with van der Waals surface area (Å²) in [7, 11) is 0. The van der Waals surface area contributed by atoms with E-state index >= 15 is 0 Å². The summed E-state index contributed by atoms with van der Waals surface area (Å²) in [5.41, 5.74) is 4.37. The topological polar surface area (TPSA) is 90.1 Å². The zero-order valence-corrected chi connectivity index (χ0v) is 14.1. The second kappa shape index (κ2) is 6.80. The SMILES string of the molecule is C/C(=N/NC(=O)Cc1cc(=O)[nH]c(=S)[nH]1)c1cc(C)sc1C. The van der Waals surface area contributed by atoms with Crippen LogP contribution in [0, 0.1) is 18.6 Å². The molecule has 0 aliphatic heterocycles. The number of H-pyrrole nitrogens is 2. The largest absolute Gasteiger partial charge is 0.335 e. The molecular formula is C14H16N4O2S2. The number of carbonyl (C=O) groups excluding carboxylic acids is 1. The molecule has 2 aromatic rings. The maximum atomic E-state index is 11.9. The van der Waals surface area contributed by atoms with Crippen LogP contribution < -0.4 is 11.0 Å². The number of carbonyl (C=O) groups is 1. The van der Waals surface area contributed by atoms with Crippen LogP contribution in [0.15, 0.2) is 22.0 Å². The van der Waals surface area contributed by atoms with E-state index in [1.54, 1.807) is 11.3 Å². The molecule has 2 aromatic heterocycles. The smallest absolute Gasteiger partial charge is 0.251 e. The quantitative estimate of drug-likeness (QED) is 0.454. The van der Waals surface area contributed by atoms with Gasteiger partial charge in [-0.2, -0.15) is 5.10 Å². The van der Waals surface area contributed by atoms with Gasteiger partial charge in [-0.05, 0) is 39.1 Å². The van der Waals surface area contributed by atoms with Gasteiger partial charge in [0.1, 0.15) is 0 Å². The van der Waals surface area contributed by atoms with Crippen LogP contribution in [0.3, 0.4) is 0 Å². The average molecular weight is 336 g/mol. The van der Waals surface area contributed by atoms with Gasteiger partial charge in [0.05, 0.1) is 12.1 Å². The van der Waals surface area contributed by atoms with Gasteiger partial charge in [-0.3, -0.25) is 14.6 Å². The van der Waals surface area contributed by atoms with Gasteiger partial charge in [0, 0.05) is 27.1 Å². The fraction of sp³-hybridized carbons (Fsp3) is 0.286. The number of thiophene rings is 1. The molecule has 1 amide bonds. The Morgan fingerprint density at radius 3 is 2.68 bits per heavy atom. The van der Waals surface area contributed by atoms with Crippen molar-refractivity contribution in [1.29, 1.82) is 0 Å². The predicted octanol–water partition coefficient (Wildman–Crippen LogP) is 2.19. The van der Waals surface area contributed by atoms with Crippen molar-refractivity contribution in [3.63, 3.8) is 0 Å². The van der Waals surface area contributed by atoms with Gasteiger partial charge < -0.3 is 4.98 Å². The third kappa shape index (κ3) is 4.22. The summed E-state index contributed by atoms with van der Waals surface area (Å²) in [5, 5.41) is 4.11. The van der Waals surface area contributed by atoms with Gasteiger partial charge in [0.2, 0.25) is 5.91 Å². The van der Waals surface area contributed by atoms with Gasteiger partial charge in [-0.1, -0.05) is 0 Å². The monoisotopic (exact) mass is 336 g/mol. The van der Waals surface area contributed by atoms with E-state index in [0.717, 1.165) is 16.2 Å². The maximum Gasteiger partial charge on any atom is 0.251 e. The van der Waals surface area contributed by atoms with E-state index in [2.05, 4.69) is 20.5 Å². The summed E-state index contributed by atoms with van der Waals surface area (Å²) in [4.78, 5) is 30.7. The summed E-state index contributed by atoms with van der Waals surface area (Å²) in [6.07, 6.45) is 0.00594. The molecule has 116 valence electrons. The molecule has 0 saturated carbocycles. The third-order valence-corrected chi connectivity index (χ3v) is 4.12. The number of nitrogens with one attached hydrogen (secondary N) is 3. The molecule has 3 N–H and O–H groups in total. The lowest BCUT2D eigenvalue weighted by Gasteiger charge is -2.03. The van der Waals surface area contributed by atoms with Crippen LogP contribution in [-0.2, 0) is 11.2 Å². The van der Waals surface area contributed by atoms with Crippen molar-refractivity contribution in [3.8, 4) is 0 Å². The van der Waals surface area contributed by atoms with Crippen LogP contribution in [0.5, 0.6) is 0 Å². The zero-order valence-electron chi connectivity index (χ0n) is 12.4. The minimum absolute atomic E-state index is 0.00594. The van der Waals surface area contributed by atoms with Gasteiger partial charge in [-0.15, -0.1) is 11.3 Å². The summed E-state index contributed by atoms with van der Waals surface area (Å²) in [6.45, 7) is 5.89. The molecule has 0 spiro atoms. The molecule has 2 heterocycles. The van der Waals surface area contributed by atoms with Crippen LogP contribution in [0.25, 0.3) is 0 Å². The third-order valence-electron chi connectivity index (χ3n) is 2.95. The number of aromatic amines is 2. The molecule has 0 radical (unpaired) electrons. The van der Waals surface area contributed by atoms with Crippen molar-refractivity contribution in [3.05, 3.63) is 48.3 Å². The number of nitrogens with zero attached hydrogens (tertiary/aromatic N) is 1. The highest BCUT2D eigenvalue weighted by molar-refractivity contribution is 7.71. The first-order chi connectivity index (χ1) is 10.3. The molecule has 2 rings (SSSR count). The molecule has 0 aliphatic carbocycles. The van der Waals surface area contributed by atoms with E-state index in [1.807, 2.05) is 26.8 Å². The van der Waals surface area contributed by atoms with Crippen LogP contribution in [0.2, 0.25) is 0 Å². The Labute approximate surface area is 136 Å². The molecule has 0 saturated heterocycles. The minimum Gasteiger partial charge on any atom is -0.335 e. The highest BCUT2D eigenvalue weighted by Gasteiger charge is 2.08. The van der Waals surface area contributed by atoms with Crippen molar-refractivity contribution in [2.24, 2.45) is 5.10 Å². The molecule has 0 atom stereocenters. The molecule has 6 nitrogen and oxygen atoms in total. The lowest BCUT2D eigenvalue weighted by atomic mass is 10.2. The number of aromatic nitrogens is 2. The summed E-state index contributed by atoms with van der Waals surface area (Å²) >= 11 is 6.55. The summed E-state index contributed by atoms with van der Waals surface area (Å²) in [5.74, 6) is -0.319. The van der Waals surface area contributed by atoms with Gasteiger partial charge in [-0.25, -0.2) is 5.43 Å². The van der Waals surface area contributed by atoms with E-state index < -0.39 is 0 Å². The molecule has 0 aromatic carbocycles. The van der Waals surface area contributed by atoms with E-state index in [4.69, 9.17) is 12.2 Å². The van der Waals surface area contributed by atoms with E-state index in [1.165, 1.54) is 10.9 Å². The standard InChI is InChI=1S/C14H16N4O2S2/c1-7-4-11(9(3)22-7)8(2)17-18-13(20)6-10-5-12(19)16-14(21)15-10/h4-5H,6H2,1-3H3,(H,18,20)(H2,15,16,19,21)/b17-8-. The zero-order chi connectivity index (χ0) is 16.3. The molecule has 0 fully saturated rings. The molecule has 0 bridgehead atoms. The predicted molar refractivity (Wildman–Crippen MR) is 90.1 cm³/mol. The van der Waals surface area contributed by atoms with Crippen molar-refractivity contribution in [1.82, 2.24) is 15.4 Å². The molecule has 0 aliphatic rings.